The van der Waals surface area contributed by atoms with E-state index in [1.165, 1.54) is 0 Å². The van der Waals surface area contributed by atoms with E-state index >= 15 is 0 Å². The highest BCUT2D eigenvalue weighted by atomic mass is 15.3. The van der Waals surface area contributed by atoms with Gasteiger partial charge in [-0.25, -0.2) is 0 Å². The molecule has 6 aliphatic rings. The molecule has 6 aliphatic heterocycles. The molecule has 0 unspecified atom stereocenters. The highest BCUT2D eigenvalue weighted by Crippen LogP contribution is 2.37. The minimum absolute atomic E-state index is 0.0447. The zero-order valence-corrected chi connectivity index (χ0v) is 64.8. The van der Waals surface area contributed by atoms with Gasteiger partial charge in [-0.15, -0.1) is 0 Å². The van der Waals surface area contributed by atoms with Crippen molar-refractivity contribution >= 4 is 53.5 Å². The topological polar surface area (TPSA) is 300 Å². The van der Waals surface area contributed by atoms with Crippen molar-refractivity contribution in [3.8, 4) is 0 Å². The van der Waals surface area contributed by atoms with Crippen molar-refractivity contribution in [2.24, 2.45) is 0 Å². The van der Waals surface area contributed by atoms with Crippen LogP contribution in [-0.4, -0.2) is 192 Å². The Balaban J connectivity index is 0.922. The Kier molecular flexibility index (Phi) is 22.6. The fraction of sp³-hybridized carbons (Fsp3) is 0.875. The van der Waals surface area contributed by atoms with Crippen molar-refractivity contribution in [1.82, 2.24) is 81.7 Å². The molecule has 0 bridgehead atoms. The third-order valence-corrected chi connectivity index (χ3v) is 19.8. The SMILES string of the molecule is CC1(C)CC(Nc2nc(NCCCN(CCCNc3nc(NC4CC(C)(C)NC(C)(C)C4)nc(NC4CC(C)(C)NC(C)(C)C4)n3)CCCNc3nc(NC4CC(C)(C)NC(C)(C)C4)nc(NC4CC(C)(C)NC(C)(C)C4)n3)nc(NC3CC(C)(C)NC(C)(C)C3)n2)CC(C)(C)N1. The van der Waals surface area contributed by atoms with Crippen LogP contribution in [-0.2, 0) is 0 Å². The first kappa shape index (κ1) is 76.1. The highest BCUT2D eigenvalue weighted by molar-refractivity contribution is 5.47. The third-order valence-electron chi connectivity index (χ3n) is 19.8. The lowest BCUT2D eigenvalue weighted by Crippen LogP contribution is -2.60. The van der Waals surface area contributed by atoms with Gasteiger partial charge in [-0.05, 0) is 282 Å². The van der Waals surface area contributed by atoms with Crippen molar-refractivity contribution in [2.75, 3.05) is 87.1 Å². The molecule has 6 fully saturated rings. The number of nitrogens with zero attached hydrogens (tertiary/aromatic N) is 10. The molecule has 25 heteroatoms. The Labute approximate surface area is 584 Å². The van der Waals surface area contributed by atoms with Gasteiger partial charge in [0.2, 0.25) is 53.5 Å². The molecule has 0 amide bonds. The van der Waals surface area contributed by atoms with Crippen molar-refractivity contribution in [2.45, 2.75) is 365 Å². The largest absolute Gasteiger partial charge is 0.354 e. The summed E-state index contributed by atoms with van der Waals surface area (Å²) in [5, 5.41) is 56.7. The molecule has 0 aliphatic carbocycles. The zero-order chi connectivity index (χ0) is 71.1. The van der Waals surface area contributed by atoms with Crippen molar-refractivity contribution in [3.05, 3.63) is 0 Å². The maximum Gasteiger partial charge on any atom is 0.229 e. The molecule has 0 atom stereocenters. The number of anilines is 9. The van der Waals surface area contributed by atoms with Crippen LogP contribution in [0.5, 0.6) is 0 Å². The maximum atomic E-state index is 5.07. The summed E-state index contributed by atoms with van der Waals surface area (Å²) in [6.07, 6.45) is 13.9. The molecule has 3 aromatic rings. The number of hydrogen-bond acceptors (Lipinski definition) is 25. The van der Waals surface area contributed by atoms with Crippen LogP contribution in [0.15, 0.2) is 0 Å². The molecule has 25 nitrogen and oxygen atoms in total. The number of piperidine rings is 6. The summed E-state index contributed by atoms with van der Waals surface area (Å²) in [4.78, 5) is 48.2. The summed E-state index contributed by atoms with van der Waals surface area (Å²) >= 11 is 0. The van der Waals surface area contributed by atoms with Gasteiger partial charge >= 0.3 is 0 Å². The predicted molar refractivity (Wildman–Crippen MR) is 403 cm³/mol. The molecule has 0 saturated carbocycles. The van der Waals surface area contributed by atoms with E-state index in [1.807, 2.05) is 0 Å². The van der Waals surface area contributed by atoms with Crippen LogP contribution in [0, 0.1) is 0 Å². The van der Waals surface area contributed by atoms with Gasteiger partial charge in [0.15, 0.2) is 0 Å². The van der Waals surface area contributed by atoms with Gasteiger partial charge in [0.25, 0.3) is 0 Å². The van der Waals surface area contributed by atoms with Crippen LogP contribution in [0.3, 0.4) is 0 Å². The minimum Gasteiger partial charge on any atom is -0.354 e. The van der Waals surface area contributed by atoms with Crippen molar-refractivity contribution in [3.63, 3.8) is 0 Å². The second-order valence-electron chi connectivity index (χ2n) is 38.5. The first-order valence-electron chi connectivity index (χ1n) is 37.2. The Morgan fingerprint density at radius 3 is 0.515 bits per heavy atom. The van der Waals surface area contributed by atoms with Crippen LogP contribution in [0.2, 0.25) is 0 Å². The molecule has 548 valence electrons. The summed E-state index contributed by atoms with van der Waals surface area (Å²) in [6.45, 7) is 59.3. The molecule has 6 saturated heterocycles. The van der Waals surface area contributed by atoms with E-state index in [0.717, 1.165) is 116 Å². The van der Waals surface area contributed by atoms with Crippen LogP contribution in [0.4, 0.5) is 53.5 Å². The molecule has 97 heavy (non-hydrogen) atoms. The normalized spacial score (nSPS) is 25.0. The van der Waals surface area contributed by atoms with Gasteiger partial charge in [-0.2, -0.15) is 44.9 Å². The average Bonchev–Trinajstić information content (AvgIpc) is 0.825. The minimum atomic E-state index is -0.0447. The predicted octanol–water partition coefficient (Wildman–Crippen LogP) is 10.7. The summed E-state index contributed by atoms with van der Waals surface area (Å²) in [5.41, 5.74) is -0.537. The quantitative estimate of drug-likeness (QED) is 0.0316. The van der Waals surface area contributed by atoms with E-state index in [1.54, 1.807) is 0 Å². The lowest BCUT2D eigenvalue weighted by molar-refractivity contribution is 0.169. The summed E-state index contributed by atoms with van der Waals surface area (Å²) < 4.78 is 0. The number of aromatic nitrogens is 9. The number of rotatable bonds is 27. The molecular formula is C72H135N25. The fourth-order valence-electron chi connectivity index (χ4n) is 19.2. The molecule has 0 aromatic carbocycles. The van der Waals surface area contributed by atoms with Crippen LogP contribution >= 0.6 is 0 Å². The fourth-order valence-corrected chi connectivity index (χ4v) is 19.2. The Hall–Kier alpha value is -5.05. The summed E-state index contributed by atoms with van der Waals surface area (Å²) in [5.74, 6) is 5.28. The summed E-state index contributed by atoms with van der Waals surface area (Å²) in [6, 6.07) is 1.12. The monoisotopic (exact) mass is 1350 g/mol. The molecule has 15 N–H and O–H groups in total. The van der Waals surface area contributed by atoms with Gasteiger partial charge in [-0.3, -0.25) is 0 Å². The second kappa shape index (κ2) is 28.8. The van der Waals surface area contributed by atoms with E-state index in [9.17, 15) is 0 Å². The van der Waals surface area contributed by atoms with Crippen molar-refractivity contribution in [1.29, 1.82) is 0 Å². The zero-order valence-electron chi connectivity index (χ0n) is 64.8. The first-order valence-corrected chi connectivity index (χ1v) is 37.2. The highest BCUT2D eigenvalue weighted by Gasteiger charge is 2.44. The van der Waals surface area contributed by atoms with Crippen LogP contribution in [0.1, 0.15) is 262 Å². The van der Waals surface area contributed by atoms with Crippen molar-refractivity contribution < 1.29 is 0 Å². The number of hydrogen-bond donors (Lipinski definition) is 15. The van der Waals surface area contributed by atoms with E-state index in [4.69, 9.17) is 44.9 Å². The first-order chi connectivity index (χ1) is 44.6. The van der Waals surface area contributed by atoms with E-state index in [-0.39, 0.29) is 103 Å². The Morgan fingerprint density at radius 2 is 0.371 bits per heavy atom. The standard InChI is InChI=1S/C72H135N25/c1-61(2)34-46(35-62(3,4)91-61)76-55-82-52(83-56(88-55)77-47-36-63(5,6)92-64(7,8)37-47)73-28-25-31-97(32-26-29-74-53-84-57(78-48-38-65(9,10)93-66(11,12)39-48)89-58(85-53)79-49-40-67(13,14)94-68(15,16)41-49)33-27-30-75-54-86-59(80-50-42-69(17,18)95-70(19,20)43-50)90-60(87-54)81-51-44-71(21,22)96-72(23,24)45-51/h46-51,91-96H,25-45H2,1-24H3,(H3,73,76,77,82,83,88)(H3,74,78,79,84,85,89)(H3,75,80,81,86,87,90). The van der Waals surface area contributed by atoms with Crippen LogP contribution < -0.4 is 79.8 Å². The van der Waals surface area contributed by atoms with E-state index < -0.39 is 0 Å². The van der Waals surface area contributed by atoms with Gasteiger partial charge in [0.1, 0.15) is 0 Å². The smallest absolute Gasteiger partial charge is 0.229 e. The molecule has 9 rings (SSSR count). The Bertz CT molecular complexity index is 2500. The van der Waals surface area contributed by atoms with E-state index in [2.05, 4.69) is 251 Å². The van der Waals surface area contributed by atoms with Gasteiger partial charge in [0.05, 0.1) is 0 Å². The van der Waals surface area contributed by atoms with Crippen LogP contribution in [0.25, 0.3) is 0 Å². The van der Waals surface area contributed by atoms with Gasteiger partial charge in [0, 0.05) is 122 Å². The van der Waals surface area contributed by atoms with Gasteiger partial charge < -0.3 is 84.7 Å². The molecular weight excluding hydrogens is 1210 g/mol. The van der Waals surface area contributed by atoms with E-state index in [0.29, 0.717) is 73.2 Å². The lowest BCUT2D eigenvalue weighted by atomic mass is 9.79. The maximum absolute atomic E-state index is 5.07. The number of nitrogens with one attached hydrogen (secondary N) is 15. The molecule has 3 aromatic heterocycles. The molecule has 0 spiro atoms. The Morgan fingerprint density at radius 1 is 0.237 bits per heavy atom. The van der Waals surface area contributed by atoms with Gasteiger partial charge in [-0.1, -0.05) is 0 Å². The molecule has 9 heterocycles. The second-order valence-corrected chi connectivity index (χ2v) is 38.5. The lowest BCUT2D eigenvalue weighted by Gasteiger charge is -2.47. The summed E-state index contributed by atoms with van der Waals surface area (Å²) in [7, 11) is 0. The third kappa shape index (κ3) is 24.3. The molecule has 0 radical (unpaired) electrons. The average molecular weight is 1350 g/mol.